The van der Waals surface area contributed by atoms with Gasteiger partial charge in [-0.3, -0.25) is 0 Å². The molecule has 2 aromatic heterocycles. The number of aryl methyl sites for hydroxylation is 3. The van der Waals surface area contributed by atoms with Crippen molar-refractivity contribution in [3.05, 3.63) is 75.9 Å². The topological polar surface area (TPSA) is 73.9 Å². The highest BCUT2D eigenvalue weighted by Gasteiger charge is 2.15. The first-order valence-corrected chi connectivity index (χ1v) is 9.69. The lowest BCUT2D eigenvalue weighted by Crippen LogP contribution is -2.05. The number of hydrogen-bond acceptors (Lipinski definition) is 5. The predicted molar refractivity (Wildman–Crippen MR) is 117 cm³/mol. The fourth-order valence-electron chi connectivity index (χ4n) is 3.37. The third kappa shape index (κ3) is 3.87. The minimum absolute atomic E-state index is 0.189. The molecule has 0 unspecified atom stereocenters. The minimum atomic E-state index is 0.189. The summed E-state index contributed by atoms with van der Waals surface area (Å²) < 4.78 is 5.96. The van der Waals surface area contributed by atoms with Gasteiger partial charge in [0.25, 0.3) is 0 Å². The van der Waals surface area contributed by atoms with Crippen LogP contribution in [0.1, 0.15) is 22.4 Å². The largest absolute Gasteiger partial charge is 0.473 e. The van der Waals surface area contributed by atoms with Crippen molar-refractivity contribution in [2.24, 2.45) is 0 Å². The molecule has 0 bridgehead atoms. The molecule has 2 heterocycles. The van der Waals surface area contributed by atoms with Crippen LogP contribution >= 0.6 is 11.6 Å². The van der Waals surface area contributed by atoms with Gasteiger partial charge in [-0.15, -0.1) is 0 Å². The van der Waals surface area contributed by atoms with E-state index in [-0.39, 0.29) is 12.6 Å². The van der Waals surface area contributed by atoms with E-state index in [0.29, 0.717) is 10.9 Å². The maximum absolute atomic E-state index is 6.47. The molecule has 0 radical (unpaired) electrons. The van der Waals surface area contributed by atoms with Crippen LogP contribution < -0.4 is 10.5 Å². The van der Waals surface area contributed by atoms with Crippen LogP contribution in [0.2, 0.25) is 5.02 Å². The number of hydrogen-bond donors (Lipinski definition) is 1. The molecule has 2 aromatic carbocycles. The molecule has 2 N–H and O–H groups in total. The average Bonchev–Trinajstić information content (AvgIpc) is 2.68. The molecular weight excluding hydrogens is 384 g/mol. The number of aromatic nitrogens is 3. The van der Waals surface area contributed by atoms with E-state index < -0.39 is 0 Å². The number of nitrogen functional groups attached to an aromatic ring is 1. The Labute approximate surface area is 174 Å². The van der Waals surface area contributed by atoms with Gasteiger partial charge in [-0.2, -0.15) is 4.98 Å². The van der Waals surface area contributed by atoms with Crippen molar-refractivity contribution < 1.29 is 4.74 Å². The van der Waals surface area contributed by atoms with Crippen LogP contribution in [0.15, 0.2) is 48.5 Å². The molecule has 0 saturated carbocycles. The summed E-state index contributed by atoms with van der Waals surface area (Å²) in [5, 5.41) is 1.57. The zero-order valence-electron chi connectivity index (χ0n) is 16.5. The van der Waals surface area contributed by atoms with E-state index in [0.717, 1.165) is 44.5 Å². The molecule has 146 valence electrons. The predicted octanol–water partition coefficient (Wildman–Crippen LogP) is 5.43. The summed E-state index contributed by atoms with van der Waals surface area (Å²) >= 11 is 6.47. The maximum Gasteiger partial charge on any atom is 0.223 e. The van der Waals surface area contributed by atoms with Gasteiger partial charge in [0, 0.05) is 33.3 Å². The van der Waals surface area contributed by atoms with Crippen LogP contribution in [0.25, 0.3) is 22.2 Å². The molecule has 0 aliphatic carbocycles. The van der Waals surface area contributed by atoms with E-state index >= 15 is 0 Å². The molecule has 0 aliphatic heterocycles. The Morgan fingerprint density at radius 2 is 1.72 bits per heavy atom. The zero-order chi connectivity index (χ0) is 20.5. The Hall–Kier alpha value is -3.18. The number of ether oxygens (including phenoxy) is 1. The lowest BCUT2D eigenvalue weighted by molar-refractivity contribution is 0.294. The van der Waals surface area contributed by atoms with Crippen molar-refractivity contribution in [2.45, 2.75) is 27.4 Å². The summed E-state index contributed by atoms with van der Waals surface area (Å²) in [4.78, 5) is 13.2. The first-order valence-electron chi connectivity index (χ1n) is 9.31. The van der Waals surface area contributed by atoms with Gasteiger partial charge >= 0.3 is 0 Å². The van der Waals surface area contributed by atoms with Gasteiger partial charge < -0.3 is 10.5 Å². The van der Waals surface area contributed by atoms with E-state index in [1.165, 1.54) is 0 Å². The lowest BCUT2D eigenvalue weighted by Gasteiger charge is -2.15. The molecule has 0 atom stereocenters. The fourth-order valence-corrected chi connectivity index (χ4v) is 3.58. The Morgan fingerprint density at radius 1 is 0.931 bits per heavy atom. The summed E-state index contributed by atoms with van der Waals surface area (Å²) in [5.41, 5.74) is 12.5. The Kier molecular flexibility index (Phi) is 5.07. The smallest absolute Gasteiger partial charge is 0.223 e. The van der Waals surface area contributed by atoms with E-state index in [9.17, 15) is 0 Å². The number of nitrogens with two attached hydrogens (primary N) is 1. The molecule has 5 nitrogen and oxygen atoms in total. The van der Waals surface area contributed by atoms with Crippen LogP contribution in [0, 0.1) is 20.8 Å². The SMILES string of the molecule is Cc1cc(OCc2cc3c(Cl)ccc(C)c3nc2-c2ccccc2C)nc(N)n1. The van der Waals surface area contributed by atoms with Crippen molar-refractivity contribution in [2.75, 3.05) is 5.73 Å². The van der Waals surface area contributed by atoms with Crippen molar-refractivity contribution in [1.82, 2.24) is 15.0 Å². The summed E-state index contributed by atoms with van der Waals surface area (Å²) in [6, 6.07) is 15.9. The van der Waals surface area contributed by atoms with Crippen molar-refractivity contribution in [3.8, 4) is 17.1 Å². The summed E-state index contributed by atoms with van der Waals surface area (Å²) in [6.07, 6.45) is 0. The highest BCUT2D eigenvalue weighted by Crippen LogP contribution is 2.33. The van der Waals surface area contributed by atoms with Crippen LogP contribution in [0.4, 0.5) is 5.95 Å². The van der Waals surface area contributed by atoms with Gasteiger partial charge in [0.2, 0.25) is 11.8 Å². The van der Waals surface area contributed by atoms with Gasteiger partial charge in [-0.05, 0) is 44.0 Å². The molecule has 0 fully saturated rings. The van der Waals surface area contributed by atoms with E-state index in [1.54, 1.807) is 6.07 Å². The summed E-state index contributed by atoms with van der Waals surface area (Å²) in [5.74, 6) is 0.621. The number of fused-ring (bicyclic) bond motifs is 1. The molecule has 6 heteroatoms. The number of nitrogens with zero attached hydrogens (tertiary/aromatic N) is 3. The number of halogens is 1. The van der Waals surface area contributed by atoms with Gasteiger partial charge in [0.1, 0.15) is 6.61 Å². The normalized spacial score (nSPS) is 11.0. The molecule has 0 saturated heterocycles. The number of rotatable bonds is 4. The Morgan fingerprint density at radius 3 is 2.48 bits per heavy atom. The Bertz CT molecular complexity index is 1200. The van der Waals surface area contributed by atoms with Gasteiger partial charge in [0.05, 0.1) is 11.2 Å². The number of pyridine rings is 1. The second kappa shape index (κ2) is 7.68. The van der Waals surface area contributed by atoms with Crippen LogP contribution in [-0.2, 0) is 6.61 Å². The van der Waals surface area contributed by atoms with Crippen LogP contribution in [0.3, 0.4) is 0 Å². The molecule has 29 heavy (non-hydrogen) atoms. The molecule has 4 rings (SSSR count). The quantitative estimate of drug-likeness (QED) is 0.490. The highest BCUT2D eigenvalue weighted by molar-refractivity contribution is 6.35. The van der Waals surface area contributed by atoms with Crippen molar-refractivity contribution in [1.29, 1.82) is 0 Å². The first kappa shape index (κ1) is 19.2. The zero-order valence-corrected chi connectivity index (χ0v) is 17.3. The highest BCUT2D eigenvalue weighted by atomic mass is 35.5. The van der Waals surface area contributed by atoms with E-state index in [4.69, 9.17) is 27.1 Å². The van der Waals surface area contributed by atoms with Gasteiger partial charge in [-0.25, -0.2) is 9.97 Å². The van der Waals surface area contributed by atoms with Crippen LogP contribution in [-0.4, -0.2) is 15.0 Å². The average molecular weight is 405 g/mol. The van der Waals surface area contributed by atoms with E-state index in [1.807, 2.05) is 38.1 Å². The third-order valence-electron chi connectivity index (χ3n) is 4.84. The molecular formula is C23H21ClN4O. The lowest BCUT2D eigenvalue weighted by atomic mass is 9.99. The summed E-state index contributed by atoms with van der Waals surface area (Å²) in [7, 11) is 0. The minimum Gasteiger partial charge on any atom is -0.473 e. The second-order valence-electron chi connectivity index (χ2n) is 7.07. The first-order chi connectivity index (χ1) is 13.9. The number of benzene rings is 2. The fraction of sp³-hybridized carbons (Fsp3) is 0.174. The monoisotopic (exact) mass is 404 g/mol. The second-order valence-corrected chi connectivity index (χ2v) is 7.47. The number of anilines is 1. The molecule has 0 amide bonds. The third-order valence-corrected chi connectivity index (χ3v) is 5.17. The van der Waals surface area contributed by atoms with Crippen LogP contribution in [0.5, 0.6) is 5.88 Å². The van der Waals surface area contributed by atoms with Gasteiger partial charge in [0.15, 0.2) is 0 Å². The standard InChI is InChI=1S/C23H21ClN4O/c1-13-6-4-5-7-17(13)22-16(12-29-20-10-15(3)26-23(25)27-20)11-18-19(24)9-8-14(2)21(18)28-22/h4-11H,12H2,1-3H3,(H2,25,26,27). The molecule has 0 spiro atoms. The molecule has 0 aliphatic rings. The van der Waals surface area contributed by atoms with Gasteiger partial charge in [-0.1, -0.05) is 41.9 Å². The van der Waals surface area contributed by atoms with E-state index in [2.05, 4.69) is 35.1 Å². The summed E-state index contributed by atoms with van der Waals surface area (Å²) in [6.45, 7) is 6.25. The van der Waals surface area contributed by atoms with Crippen molar-refractivity contribution >= 4 is 28.5 Å². The molecule has 4 aromatic rings. The van der Waals surface area contributed by atoms with Crippen molar-refractivity contribution in [3.63, 3.8) is 0 Å². The Balaban J connectivity index is 1.85. The maximum atomic E-state index is 6.47.